The highest BCUT2D eigenvalue weighted by molar-refractivity contribution is 4.75. The molecule has 0 aromatic heterocycles. The molecule has 0 spiro atoms. The van der Waals surface area contributed by atoms with Crippen LogP contribution in [-0.4, -0.2) is 32.2 Å². The van der Waals surface area contributed by atoms with E-state index < -0.39 is 0 Å². The summed E-state index contributed by atoms with van der Waals surface area (Å²) in [5.74, 6) is 0. The van der Waals surface area contributed by atoms with E-state index in [1.54, 1.807) is 0 Å². The molecule has 1 fully saturated rings. The summed E-state index contributed by atoms with van der Waals surface area (Å²) >= 11 is 0. The Labute approximate surface area is 49.6 Å². The molecule has 1 rings (SSSR count). The second-order valence-electron chi connectivity index (χ2n) is 2.09. The Hall–Kier alpha value is -0.120. The molecular formula is C5H13N3. The lowest BCUT2D eigenvalue weighted by Crippen LogP contribution is -2.51. The maximum Gasteiger partial charge on any atom is 0.0315 e. The third-order valence-corrected chi connectivity index (χ3v) is 1.41. The Morgan fingerprint density at radius 1 is 1.50 bits per heavy atom. The molecule has 0 radical (unpaired) electrons. The first-order chi connectivity index (χ1) is 3.93. The lowest BCUT2D eigenvalue weighted by molar-refractivity contribution is 0.425. The Morgan fingerprint density at radius 3 is 2.75 bits per heavy atom. The minimum absolute atomic E-state index is 0.503. The molecule has 0 amide bonds. The standard InChI is InChI=1S/C5H13N3/c6-3-5-4-7-1-2-8-5/h5,7-8H,1-4,6H2/t5-/m0/s1. The Morgan fingerprint density at radius 2 is 2.38 bits per heavy atom. The molecule has 0 saturated carbocycles. The first-order valence-electron chi connectivity index (χ1n) is 3.07. The number of nitrogens with two attached hydrogens (primary N) is 1. The summed E-state index contributed by atoms with van der Waals surface area (Å²) in [6.07, 6.45) is 0. The molecule has 48 valence electrons. The fourth-order valence-corrected chi connectivity index (χ4v) is 0.880. The maximum absolute atomic E-state index is 5.40. The zero-order valence-electron chi connectivity index (χ0n) is 4.98. The van der Waals surface area contributed by atoms with Gasteiger partial charge in [0.05, 0.1) is 0 Å². The van der Waals surface area contributed by atoms with Crippen LogP contribution in [0.4, 0.5) is 0 Å². The van der Waals surface area contributed by atoms with Gasteiger partial charge in [0.1, 0.15) is 0 Å². The quantitative estimate of drug-likeness (QED) is 0.390. The molecule has 0 aliphatic carbocycles. The van der Waals surface area contributed by atoms with E-state index in [-0.39, 0.29) is 0 Å². The highest BCUT2D eigenvalue weighted by Crippen LogP contribution is 1.80. The number of rotatable bonds is 1. The normalized spacial score (nSPS) is 30.4. The molecule has 4 N–H and O–H groups in total. The number of nitrogens with one attached hydrogen (secondary N) is 2. The summed E-state index contributed by atoms with van der Waals surface area (Å²) in [5, 5.41) is 6.52. The summed E-state index contributed by atoms with van der Waals surface area (Å²) in [5.41, 5.74) is 5.40. The third-order valence-electron chi connectivity index (χ3n) is 1.41. The van der Waals surface area contributed by atoms with Crippen LogP contribution in [0, 0.1) is 0 Å². The predicted octanol–water partition coefficient (Wildman–Crippen LogP) is -1.49. The topological polar surface area (TPSA) is 50.1 Å². The van der Waals surface area contributed by atoms with Gasteiger partial charge >= 0.3 is 0 Å². The molecule has 1 heterocycles. The number of piperazine rings is 1. The molecule has 0 bridgehead atoms. The largest absolute Gasteiger partial charge is 0.329 e. The molecule has 0 aromatic carbocycles. The maximum atomic E-state index is 5.40. The summed E-state index contributed by atoms with van der Waals surface area (Å²) in [6.45, 7) is 3.90. The second-order valence-corrected chi connectivity index (χ2v) is 2.09. The van der Waals surface area contributed by atoms with Gasteiger partial charge in [-0.05, 0) is 0 Å². The number of hydrogen-bond donors (Lipinski definition) is 3. The molecule has 1 aliphatic heterocycles. The minimum Gasteiger partial charge on any atom is -0.329 e. The van der Waals surface area contributed by atoms with Crippen LogP contribution < -0.4 is 16.4 Å². The number of hydrogen-bond acceptors (Lipinski definition) is 3. The molecule has 1 atom stereocenters. The van der Waals surface area contributed by atoms with E-state index in [0.717, 1.165) is 26.2 Å². The fourth-order valence-electron chi connectivity index (χ4n) is 0.880. The Kier molecular flexibility index (Phi) is 2.27. The van der Waals surface area contributed by atoms with Crippen LogP contribution in [-0.2, 0) is 0 Å². The van der Waals surface area contributed by atoms with Gasteiger partial charge in [-0.1, -0.05) is 0 Å². The highest BCUT2D eigenvalue weighted by atomic mass is 15.1. The first-order valence-corrected chi connectivity index (χ1v) is 3.07. The van der Waals surface area contributed by atoms with Gasteiger partial charge in [-0.3, -0.25) is 0 Å². The van der Waals surface area contributed by atoms with Crippen molar-refractivity contribution in [3.8, 4) is 0 Å². The third kappa shape index (κ3) is 1.43. The van der Waals surface area contributed by atoms with Crippen molar-refractivity contribution < 1.29 is 0 Å². The van der Waals surface area contributed by atoms with Crippen LogP contribution >= 0.6 is 0 Å². The Bertz CT molecular complexity index is 58.7. The van der Waals surface area contributed by atoms with Gasteiger partial charge in [-0.15, -0.1) is 0 Å². The molecule has 3 nitrogen and oxygen atoms in total. The zero-order valence-corrected chi connectivity index (χ0v) is 4.98. The average molecular weight is 115 g/mol. The van der Waals surface area contributed by atoms with Crippen molar-refractivity contribution in [2.24, 2.45) is 5.73 Å². The van der Waals surface area contributed by atoms with Crippen LogP contribution in [0.25, 0.3) is 0 Å². The van der Waals surface area contributed by atoms with E-state index >= 15 is 0 Å². The smallest absolute Gasteiger partial charge is 0.0315 e. The van der Waals surface area contributed by atoms with Crippen molar-refractivity contribution in [3.63, 3.8) is 0 Å². The SMILES string of the molecule is NC[C@H]1CNCCN1. The van der Waals surface area contributed by atoms with E-state index in [2.05, 4.69) is 10.6 Å². The Balaban J connectivity index is 2.13. The summed E-state index contributed by atoms with van der Waals surface area (Å²) in [7, 11) is 0. The molecule has 8 heavy (non-hydrogen) atoms. The van der Waals surface area contributed by atoms with E-state index in [0.29, 0.717) is 6.04 Å². The van der Waals surface area contributed by atoms with Crippen molar-refractivity contribution in [1.82, 2.24) is 10.6 Å². The highest BCUT2D eigenvalue weighted by Gasteiger charge is 2.07. The van der Waals surface area contributed by atoms with Gasteiger partial charge in [0.25, 0.3) is 0 Å². The summed E-state index contributed by atoms with van der Waals surface area (Å²) in [6, 6.07) is 0.503. The first kappa shape index (κ1) is 6.01. The van der Waals surface area contributed by atoms with E-state index in [4.69, 9.17) is 5.73 Å². The van der Waals surface area contributed by atoms with E-state index in [1.165, 1.54) is 0 Å². The van der Waals surface area contributed by atoms with Crippen molar-refractivity contribution in [2.75, 3.05) is 26.2 Å². The van der Waals surface area contributed by atoms with Gasteiger partial charge < -0.3 is 16.4 Å². The zero-order chi connectivity index (χ0) is 5.82. The van der Waals surface area contributed by atoms with Crippen LogP contribution in [0.2, 0.25) is 0 Å². The lowest BCUT2D eigenvalue weighted by Gasteiger charge is -2.22. The van der Waals surface area contributed by atoms with Crippen LogP contribution in [0.15, 0.2) is 0 Å². The monoisotopic (exact) mass is 115 g/mol. The van der Waals surface area contributed by atoms with Gasteiger partial charge in [0.15, 0.2) is 0 Å². The summed E-state index contributed by atoms with van der Waals surface area (Å²) < 4.78 is 0. The summed E-state index contributed by atoms with van der Waals surface area (Å²) in [4.78, 5) is 0. The predicted molar refractivity (Wildman–Crippen MR) is 33.7 cm³/mol. The van der Waals surface area contributed by atoms with E-state index in [9.17, 15) is 0 Å². The van der Waals surface area contributed by atoms with Crippen molar-refractivity contribution in [1.29, 1.82) is 0 Å². The lowest BCUT2D eigenvalue weighted by atomic mass is 10.2. The van der Waals surface area contributed by atoms with Gasteiger partial charge in [0.2, 0.25) is 0 Å². The van der Waals surface area contributed by atoms with Gasteiger partial charge in [0, 0.05) is 32.2 Å². The van der Waals surface area contributed by atoms with Gasteiger partial charge in [-0.2, -0.15) is 0 Å². The molecule has 0 unspecified atom stereocenters. The molecule has 3 heteroatoms. The van der Waals surface area contributed by atoms with Crippen LogP contribution in [0.3, 0.4) is 0 Å². The molecule has 0 aromatic rings. The van der Waals surface area contributed by atoms with Gasteiger partial charge in [-0.25, -0.2) is 0 Å². The second kappa shape index (κ2) is 3.02. The van der Waals surface area contributed by atoms with Crippen molar-refractivity contribution >= 4 is 0 Å². The van der Waals surface area contributed by atoms with Crippen molar-refractivity contribution in [2.45, 2.75) is 6.04 Å². The molecular weight excluding hydrogens is 102 g/mol. The van der Waals surface area contributed by atoms with Crippen LogP contribution in [0.1, 0.15) is 0 Å². The van der Waals surface area contributed by atoms with E-state index in [1.807, 2.05) is 0 Å². The molecule has 1 aliphatic rings. The fraction of sp³-hybridized carbons (Fsp3) is 1.00. The molecule has 1 saturated heterocycles. The minimum atomic E-state index is 0.503. The average Bonchev–Trinajstić information content (AvgIpc) is 1.90. The van der Waals surface area contributed by atoms with Crippen molar-refractivity contribution in [3.05, 3.63) is 0 Å². The van der Waals surface area contributed by atoms with Crippen LogP contribution in [0.5, 0.6) is 0 Å².